The smallest absolute Gasteiger partial charge is 0.298 e. The van der Waals surface area contributed by atoms with Crippen molar-refractivity contribution in [3.63, 3.8) is 0 Å². The van der Waals surface area contributed by atoms with Gasteiger partial charge in [-0.15, -0.1) is 0 Å². The Kier molecular flexibility index (Phi) is 4.28. The minimum atomic E-state index is -6.92. The van der Waals surface area contributed by atoms with E-state index in [0.717, 1.165) is 0 Å². The number of hydrogen-bond acceptors (Lipinski definition) is 1. The molecule has 0 spiro atoms. The van der Waals surface area contributed by atoms with Crippen LogP contribution < -0.4 is 0 Å². The molecule has 0 aliphatic carbocycles. The van der Waals surface area contributed by atoms with Crippen LogP contribution >= 0.6 is 11.6 Å². The van der Waals surface area contributed by atoms with E-state index in [0.29, 0.717) is 6.92 Å². The second-order valence-corrected chi connectivity index (χ2v) is 3.45. The maximum Gasteiger partial charge on any atom is 0.440 e. The Hall–Kier alpha value is -0.380. The van der Waals surface area contributed by atoms with E-state index in [-0.39, 0.29) is 0 Å². The summed E-state index contributed by atoms with van der Waals surface area (Å²) in [6, 6.07) is 0. The molecule has 11 heteroatoms. The third kappa shape index (κ3) is 2.90. The molecule has 0 rings (SSSR count). The topological polar surface area (TPSA) is 9.23 Å². The Morgan fingerprint density at radius 3 is 1.29 bits per heavy atom. The summed E-state index contributed by atoms with van der Waals surface area (Å²) in [5.74, 6) is 0. The Morgan fingerprint density at radius 2 is 1.12 bits per heavy atom. The lowest BCUT2D eigenvalue weighted by Crippen LogP contribution is -2.65. The first-order chi connectivity index (χ1) is 7.17. The zero-order valence-electron chi connectivity index (χ0n) is 7.77. The van der Waals surface area contributed by atoms with Gasteiger partial charge in [0.2, 0.25) is 0 Å². The van der Waals surface area contributed by atoms with Crippen molar-refractivity contribution < 1.29 is 44.3 Å². The molecule has 0 aromatic heterocycles. The van der Waals surface area contributed by atoms with E-state index in [2.05, 4.69) is 16.3 Å². The van der Waals surface area contributed by atoms with Crippen LogP contribution in [0.5, 0.6) is 0 Å². The van der Waals surface area contributed by atoms with Crippen LogP contribution in [-0.2, 0) is 4.74 Å². The van der Waals surface area contributed by atoms with Crippen LogP contribution in [0.2, 0.25) is 0 Å². The summed E-state index contributed by atoms with van der Waals surface area (Å²) in [5, 5.41) is 0. The number of ether oxygens (including phenoxy) is 1. The maximum atomic E-state index is 12.8. The molecule has 0 aromatic rings. The van der Waals surface area contributed by atoms with Crippen LogP contribution in [0.4, 0.5) is 39.5 Å². The van der Waals surface area contributed by atoms with E-state index >= 15 is 0 Å². The fourth-order valence-electron chi connectivity index (χ4n) is 0.776. The van der Waals surface area contributed by atoms with Crippen molar-refractivity contribution in [1.29, 1.82) is 0 Å². The average molecular weight is 299 g/mol. The van der Waals surface area contributed by atoms with Crippen LogP contribution in [-0.4, -0.2) is 29.7 Å². The molecule has 0 amide bonds. The van der Waals surface area contributed by atoms with E-state index in [1.165, 1.54) is 0 Å². The van der Waals surface area contributed by atoms with Crippen molar-refractivity contribution in [3.8, 4) is 0 Å². The van der Waals surface area contributed by atoms with Gasteiger partial charge < -0.3 is 0 Å². The molecule has 0 aliphatic heterocycles. The van der Waals surface area contributed by atoms with E-state index in [4.69, 9.17) is 0 Å². The van der Waals surface area contributed by atoms with E-state index in [1.807, 2.05) is 0 Å². The van der Waals surface area contributed by atoms with Gasteiger partial charge in [-0.05, 0) is 6.92 Å². The van der Waals surface area contributed by atoms with E-state index < -0.39 is 29.7 Å². The second kappa shape index (κ2) is 4.38. The molecule has 0 bridgehead atoms. The highest BCUT2D eigenvalue weighted by Crippen LogP contribution is 2.55. The molecule has 1 atom stereocenters. The molecule has 104 valence electrons. The lowest BCUT2D eigenvalue weighted by molar-refractivity contribution is -0.450. The van der Waals surface area contributed by atoms with Gasteiger partial charge in [0.15, 0.2) is 0 Å². The minimum Gasteiger partial charge on any atom is -0.298 e. The molecule has 0 N–H and O–H groups in total. The predicted molar refractivity (Wildman–Crippen MR) is 37.3 cm³/mol. The average Bonchev–Trinajstić information content (AvgIpc) is 1.95. The Morgan fingerprint density at radius 1 is 0.824 bits per heavy atom. The molecule has 0 saturated heterocycles. The quantitative estimate of drug-likeness (QED) is 0.565. The SMILES string of the molecule is CC(Cl)OC(F)(F)C(F)(C(F)(F)F)C(F)(F)F. The van der Waals surface area contributed by atoms with Crippen LogP contribution in [0, 0.1) is 0 Å². The Balaban J connectivity index is 5.66. The van der Waals surface area contributed by atoms with Gasteiger partial charge in [0, 0.05) is 0 Å². The molecular formula is C6H4ClF9O. The first-order valence-electron chi connectivity index (χ1n) is 3.69. The molecule has 0 heterocycles. The van der Waals surface area contributed by atoms with Crippen molar-refractivity contribution in [2.24, 2.45) is 0 Å². The number of hydrogen-bond donors (Lipinski definition) is 0. The molecule has 1 unspecified atom stereocenters. The second-order valence-electron chi connectivity index (χ2n) is 2.83. The van der Waals surface area contributed by atoms with Crippen molar-refractivity contribution in [1.82, 2.24) is 0 Å². The summed E-state index contributed by atoms with van der Waals surface area (Å²) < 4.78 is 112. The molecule has 17 heavy (non-hydrogen) atoms. The minimum absolute atomic E-state index is 0.503. The van der Waals surface area contributed by atoms with E-state index in [9.17, 15) is 39.5 Å². The molecule has 0 radical (unpaired) electrons. The van der Waals surface area contributed by atoms with Gasteiger partial charge >= 0.3 is 24.1 Å². The Labute approximate surface area is 93.5 Å². The first-order valence-corrected chi connectivity index (χ1v) is 4.12. The summed E-state index contributed by atoms with van der Waals surface area (Å²) >= 11 is 4.66. The maximum absolute atomic E-state index is 12.8. The summed E-state index contributed by atoms with van der Waals surface area (Å²) in [7, 11) is 0. The zero-order chi connectivity index (χ0) is 14.3. The highest BCUT2D eigenvalue weighted by molar-refractivity contribution is 6.19. The van der Waals surface area contributed by atoms with Gasteiger partial charge in [-0.3, -0.25) is 4.74 Å². The van der Waals surface area contributed by atoms with Gasteiger partial charge in [0.1, 0.15) is 5.56 Å². The molecule has 0 saturated carbocycles. The van der Waals surface area contributed by atoms with Crippen molar-refractivity contribution in [2.45, 2.75) is 36.6 Å². The number of alkyl halides is 10. The first kappa shape index (κ1) is 16.6. The monoisotopic (exact) mass is 298 g/mol. The molecular weight excluding hydrogens is 294 g/mol. The molecule has 1 nitrogen and oxygen atoms in total. The van der Waals surface area contributed by atoms with Crippen LogP contribution in [0.1, 0.15) is 6.92 Å². The van der Waals surface area contributed by atoms with Crippen molar-refractivity contribution in [2.75, 3.05) is 0 Å². The normalized spacial score (nSPS) is 17.1. The molecule has 0 aromatic carbocycles. The van der Waals surface area contributed by atoms with E-state index in [1.54, 1.807) is 0 Å². The fraction of sp³-hybridized carbons (Fsp3) is 1.00. The number of rotatable bonds is 3. The highest BCUT2D eigenvalue weighted by Gasteiger charge is 2.85. The fourth-order valence-corrected chi connectivity index (χ4v) is 0.888. The molecule has 0 aliphatic rings. The standard InChI is InChI=1S/C6H4ClF9O/c1-2(7)17-6(15,16)3(8,4(9,10)11)5(12,13)14/h2H,1H3. The summed E-state index contributed by atoms with van der Waals surface area (Å²) in [4.78, 5) is 0. The lowest BCUT2D eigenvalue weighted by atomic mass is 10.0. The Bertz CT molecular complexity index is 254. The zero-order valence-corrected chi connectivity index (χ0v) is 8.52. The number of halogens is 10. The molecule has 0 fully saturated rings. The van der Waals surface area contributed by atoms with Gasteiger partial charge in [0.05, 0.1) is 0 Å². The lowest BCUT2D eigenvalue weighted by Gasteiger charge is -2.35. The van der Waals surface area contributed by atoms with Gasteiger partial charge in [-0.2, -0.15) is 35.1 Å². The van der Waals surface area contributed by atoms with Crippen LogP contribution in [0.15, 0.2) is 0 Å². The predicted octanol–water partition coefficient (Wildman–Crippen LogP) is 4.01. The van der Waals surface area contributed by atoms with Gasteiger partial charge in [-0.1, -0.05) is 11.6 Å². The highest BCUT2D eigenvalue weighted by atomic mass is 35.5. The third-order valence-corrected chi connectivity index (χ3v) is 1.58. The van der Waals surface area contributed by atoms with Gasteiger partial charge in [0.25, 0.3) is 0 Å². The van der Waals surface area contributed by atoms with Crippen LogP contribution in [0.25, 0.3) is 0 Å². The van der Waals surface area contributed by atoms with Crippen molar-refractivity contribution >= 4 is 11.6 Å². The third-order valence-electron chi connectivity index (χ3n) is 1.49. The summed E-state index contributed by atoms with van der Waals surface area (Å²) in [6.45, 7) is 0.503. The summed E-state index contributed by atoms with van der Waals surface area (Å²) in [5.41, 5.74) is -9.10. The summed E-state index contributed by atoms with van der Waals surface area (Å²) in [6.07, 6.45) is -20.0. The largest absolute Gasteiger partial charge is 0.440 e. The van der Waals surface area contributed by atoms with Crippen LogP contribution in [0.3, 0.4) is 0 Å². The van der Waals surface area contributed by atoms with Gasteiger partial charge in [-0.25, -0.2) is 4.39 Å². The van der Waals surface area contributed by atoms with Crippen molar-refractivity contribution in [3.05, 3.63) is 0 Å².